The van der Waals surface area contributed by atoms with Gasteiger partial charge in [-0.1, -0.05) is 37.8 Å². The third-order valence-corrected chi connectivity index (χ3v) is 5.51. The van der Waals surface area contributed by atoms with Gasteiger partial charge in [0.15, 0.2) is 5.54 Å². The van der Waals surface area contributed by atoms with Crippen LogP contribution in [0.15, 0.2) is 48.5 Å². The van der Waals surface area contributed by atoms with E-state index >= 15 is 0 Å². The van der Waals surface area contributed by atoms with Crippen LogP contribution in [0.3, 0.4) is 0 Å². The van der Waals surface area contributed by atoms with E-state index < -0.39 is 23.3 Å². The van der Waals surface area contributed by atoms with Crippen LogP contribution in [0.1, 0.15) is 47.8 Å². The topological polar surface area (TPSA) is 111 Å². The van der Waals surface area contributed by atoms with Crippen LogP contribution < -0.4 is 16.1 Å². The lowest BCUT2D eigenvalue weighted by Crippen LogP contribution is -2.64. The fourth-order valence-corrected chi connectivity index (χ4v) is 3.21. The molecular formula is C26H32N4O4. The molecule has 0 aromatic heterocycles. The Bertz CT molecular complexity index is 1050. The molecule has 0 spiro atoms. The van der Waals surface area contributed by atoms with Crippen LogP contribution in [0, 0.1) is 17.8 Å². The number of nitrogens with one attached hydrogen (secondary N) is 3. The highest BCUT2D eigenvalue weighted by molar-refractivity contribution is 6.12. The maximum atomic E-state index is 12.9. The number of hydroxylamine groups is 1. The smallest absolute Gasteiger partial charge is 0.278 e. The first kappa shape index (κ1) is 26.6. The average Bonchev–Trinajstić information content (AvgIpc) is 2.85. The summed E-state index contributed by atoms with van der Waals surface area (Å²) in [6.07, 6.45) is 0. The van der Waals surface area contributed by atoms with Crippen molar-refractivity contribution in [2.45, 2.75) is 32.9 Å². The largest absolute Gasteiger partial charge is 0.357 e. The molecule has 0 aliphatic rings. The Hall–Kier alpha value is -3.67. The van der Waals surface area contributed by atoms with Gasteiger partial charge in [0.1, 0.15) is 0 Å². The number of amides is 3. The van der Waals surface area contributed by atoms with Crippen molar-refractivity contribution in [1.29, 1.82) is 0 Å². The molecule has 0 saturated heterocycles. The van der Waals surface area contributed by atoms with E-state index in [1.165, 1.54) is 32.1 Å². The summed E-state index contributed by atoms with van der Waals surface area (Å²) in [7, 11) is 2.66. The van der Waals surface area contributed by atoms with Gasteiger partial charge in [0.25, 0.3) is 17.7 Å². The van der Waals surface area contributed by atoms with E-state index in [4.69, 9.17) is 5.21 Å². The van der Waals surface area contributed by atoms with Gasteiger partial charge >= 0.3 is 0 Å². The predicted molar refractivity (Wildman–Crippen MR) is 130 cm³/mol. The maximum absolute atomic E-state index is 12.9. The van der Waals surface area contributed by atoms with Crippen molar-refractivity contribution in [3.05, 3.63) is 70.8 Å². The van der Waals surface area contributed by atoms with E-state index in [1.54, 1.807) is 24.3 Å². The molecule has 0 aliphatic carbocycles. The van der Waals surface area contributed by atoms with E-state index in [1.807, 2.05) is 24.3 Å². The second kappa shape index (κ2) is 12.0. The quantitative estimate of drug-likeness (QED) is 0.206. The number of benzene rings is 2. The highest BCUT2D eigenvalue weighted by Crippen LogP contribution is 2.18. The van der Waals surface area contributed by atoms with Gasteiger partial charge in [0.05, 0.1) is 0 Å². The van der Waals surface area contributed by atoms with Crippen molar-refractivity contribution < 1.29 is 19.6 Å². The Kier molecular flexibility index (Phi) is 9.36. The van der Waals surface area contributed by atoms with Crippen LogP contribution in [0.4, 0.5) is 0 Å². The molecule has 0 saturated carbocycles. The Morgan fingerprint density at radius 2 is 1.50 bits per heavy atom. The molecule has 1 atom stereocenters. The fourth-order valence-electron chi connectivity index (χ4n) is 3.21. The summed E-state index contributed by atoms with van der Waals surface area (Å²) in [5.74, 6) is 4.46. The van der Waals surface area contributed by atoms with Crippen molar-refractivity contribution in [2.75, 3.05) is 20.6 Å². The number of hydrogen-bond donors (Lipinski definition) is 4. The minimum atomic E-state index is -1.93. The average molecular weight is 465 g/mol. The molecule has 34 heavy (non-hydrogen) atoms. The zero-order valence-electron chi connectivity index (χ0n) is 20.2. The molecule has 180 valence electrons. The zero-order chi connectivity index (χ0) is 25.3. The van der Waals surface area contributed by atoms with Gasteiger partial charge in [0.2, 0.25) is 0 Å². The number of likely N-dealkylation sites (N-methyl/N-ethyl adjacent to an activating group) is 2. The first-order valence-corrected chi connectivity index (χ1v) is 11.0. The second-order valence-corrected chi connectivity index (χ2v) is 8.51. The number of rotatable bonds is 8. The molecule has 4 N–H and O–H groups in total. The lowest BCUT2D eigenvalue weighted by atomic mass is 9.96. The third kappa shape index (κ3) is 6.44. The molecular weight excluding hydrogens is 432 g/mol. The number of nitrogens with zero attached hydrogens (tertiary/aromatic N) is 1. The molecule has 2 rings (SSSR count). The van der Waals surface area contributed by atoms with Crippen LogP contribution in [-0.4, -0.2) is 54.0 Å². The molecule has 0 aliphatic heterocycles. The summed E-state index contributed by atoms with van der Waals surface area (Å²) in [6.45, 7) is 7.37. The van der Waals surface area contributed by atoms with E-state index in [0.717, 1.165) is 23.6 Å². The van der Waals surface area contributed by atoms with Crippen molar-refractivity contribution in [3.8, 4) is 11.8 Å². The van der Waals surface area contributed by atoms with E-state index in [9.17, 15) is 14.4 Å². The standard InChI is InChI=1S/C26H32N4O4/c1-18(2)16-28-17-21-10-8-19(9-11-21)6-7-20-12-14-22(15-13-20)23(31)30(5)26(3,24(32)27-4)25(33)29-34/h8-15,18,28,34H,16-17H2,1-5H3,(H,27,32)(H,29,33)/t26-/m0/s1. The summed E-state index contributed by atoms with van der Waals surface area (Å²) in [5, 5.41) is 14.8. The fraction of sp³-hybridized carbons (Fsp3) is 0.346. The van der Waals surface area contributed by atoms with Crippen LogP contribution in [0.2, 0.25) is 0 Å². The van der Waals surface area contributed by atoms with E-state index in [-0.39, 0.29) is 5.56 Å². The van der Waals surface area contributed by atoms with Gasteiger partial charge < -0.3 is 15.5 Å². The Balaban J connectivity index is 2.11. The maximum Gasteiger partial charge on any atom is 0.278 e. The molecule has 0 unspecified atom stereocenters. The molecule has 3 amide bonds. The van der Waals surface area contributed by atoms with Gasteiger partial charge in [0, 0.05) is 37.3 Å². The Labute approximate surface area is 200 Å². The summed E-state index contributed by atoms with van der Waals surface area (Å²) in [6, 6.07) is 14.6. The first-order valence-electron chi connectivity index (χ1n) is 11.0. The summed E-state index contributed by atoms with van der Waals surface area (Å²) < 4.78 is 0. The minimum Gasteiger partial charge on any atom is -0.357 e. The lowest BCUT2D eigenvalue weighted by molar-refractivity contribution is -0.148. The number of carbonyl (C=O) groups is 3. The first-order chi connectivity index (χ1) is 16.1. The Morgan fingerprint density at radius 1 is 0.971 bits per heavy atom. The van der Waals surface area contributed by atoms with Crippen molar-refractivity contribution in [1.82, 2.24) is 21.0 Å². The monoisotopic (exact) mass is 464 g/mol. The molecule has 0 bridgehead atoms. The van der Waals surface area contributed by atoms with Gasteiger partial charge in [-0.25, -0.2) is 5.48 Å². The van der Waals surface area contributed by atoms with Gasteiger partial charge in [-0.3, -0.25) is 19.6 Å². The number of hydrogen-bond acceptors (Lipinski definition) is 5. The zero-order valence-corrected chi connectivity index (χ0v) is 20.2. The van der Waals surface area contributed by atoms with Gasteiger partial charge in [-0.2, -0.15) is 0 Å². The highest BCUT2D eigenvalue weighted by atomic mass is 16.5. The summed E-state index contributed by atoms with van der Waals surface area (Å²) in [4.78, 5) is 38.3. The third-order valence-electron chi connectivity index (χ3n) is 5.51. The summed E-state index contributed by atoms with van der Waals surface area (Å²) in [5.41, 5.74) is 2.57. The molecule has 2 aromatic rings. The SMILES string of the molecule is CNC(=O)[C@@](C)(C(=O)NO)N(C)C(=O)c1ccc(C#Cc2ccc(CNCC(C)C)cc2)cc1. The normalized spacial score (nSPS) is 12.2. The molecule has 0 heterocycles. The second-order valence-electron chi connectivity index (χ2n) is 8.51. The predicted octanol–water partition coefficient (Wildman–Crippen LogP) is 1.91. The molecule has 2 aromatic carbocycles. The lowest BCUT2D eigenvalue weighted by Gasteiger charge is -2.34. The van der Waals surface area contributed by atoms with E-state index in [2.05, 4.69) is 36.3 Å². The van der Waals surface area contributed by atoms with Crippen LogP contribution in [-0.2, 0) is 16.1 Å². The van der Waals surface area contributed by atoms with Gasteiger partial charge in [-0.05, 0) is 61.3 Å². The van der Waals surface area contributed by atoms with Crippen molar-refractivity contribution in [2.24, 2.45) is 5.92 Å². The Morgan fingerprint density at radius 3 is 1.97 bits per heavy atom. The van der Waals surface area contributed by atoms with Crippen molar-refractivity contribution in [3.63, 3.8) is 0 Å². The van der Waals surface area contributed by atoms with Crippen LogP contribution >= 0.6 is 0 Å². The highest BCUT2D eigenvalue weighted by Gasteiger charge is 2.47. The van der Waals surface area contributed by atoms with Gasteiger partial charge in [-0.15, -0.1) is 0 Å². The molecule has 0 radical (unpaired) electrons. The minimum absolute atomic E-state index is 0.271. The molecule has 0 fully saturated rings. The summed E-state index contributed by atoms with van der Waals surface area (Å²) >= 11 is 0. The van der Waals surface area contributed by atoms with Crippen LogP contribution in [0.25, 0.3) is 0 Å². The molecule has 8 nitrogen and oxygen atoms in total. The van der Waals surface area contributed by atoms with Crippen molar-refractivity contribution >= 4 is 17.7 Å². The number of carbonyl (C=O) groups excluding carboxylic acids is 3. The van der Waals surface area contributed by atoms with Crippen LogP contribution in [0.5, 0.6) is 0 Å². The van der Waals surface area contributed by atoms with E-state index in [0.29, 0.717) is 11.5 Å². The molecule has 8 heteroatoms.